The highest BCUT2D eigenvalue weighted by atomic mass is 16.2. The Morgan fingerprint density at radius 2 is 2.26 bits per heavy atom. The minimum absolute atomic E-state index is 0.185. The summed E-state index contributed by atoms with van der Waals surface area (Å²) in [6.45, 7) is 2.16. The molecule has 0 saturated heterocycles. The normalized spacial score (nSPS) is 17.0. The Balaban J connectivity index is 1.67. The summed E-state index contributed by atoms with van der Waals surface area (Å²) in [4.78, 5) is 32.2. The number of aromatic amines is 1. The van der Waals surface area contributed by atoms with Gasteiger partial charge in [-0.15, -0.1) is 0 Å². The Morgan fingerprint density at radius 3 is 2.96 bits per heavy atom. The number of carbonyl (C=O) groups is 2. The van der Waals surface area contributed by atoms with Gasteiger partial charge in [0.1, 0.15) is 18.1 Å². The zero-order valence-electron chi connectivity index (χ0n) is 12.5. The van der Waals surface area contributed by atoms with E-state index < -0.39 is 17.7 Å². The quantitative estimate of drug-likeness (QED) is 0.821. The number of nitrogens with zero attached hydrogens (tertiary/aromatic N) is 3. The van der Waals surface area contributed by atoms with Gasteiger partial charge in [-0.1, -0.05) is 29.8 Å². The van der Waals surface area contributed by atoms with E-state index in [1.807, 2.05) is 31.2 Å². The molecule has 0 spiro atoms. The fourth-order valence-corrected chi connectivity index (χ4v) is 2.26. The third-order valence-electron chi connectivity index (χ3n) is 3.43. The number of aliphatic imine (C=N–C) groups is 1. The second-order valence-corrected chi connectivity index (χ2v) is 5.19. The minimum Gasteiger partial charge on any atom is -0.348 e. The maximum atomic E-state index is 12.1. The first kappa shape index (κ1) is 14.8. The smallest absolute Gasteiger partial charge is 0.262 e. The van der Waals surface area contributed by atoms with Gasteiger partial charge in [-0.25, -0.2) is 9.98 Å². The summed E-state index contributed by atoms with van der Waals surface area (Å²) in [6.07, 6.45) is 4.63. The lowest BCUT2D eigenvalue weighted by Crippen LogP contribution is -2.35. The topological polar surface area (TPSA) is 100 Å². The Bertz CT molecular complexity index is 793. The molecule has 0 bridgehead atoms. The third-order valence-corrected chi connectivity index (χ3v) is 3.43. The number of carbonyl (C=O) groups excluding carboxylic acids is 2. The number of amides is 2. The lowest BCUT2D eigenvalue weighted by Gasteiger charge is -2.14. The molecule has 2 heterocycles. The van der Waals surface area contributed by atoms with Crippen LogP contribution in [-0.2, 0) is 16.1 Å². The van der Waals surface area contributed by atoms with Gasteiger partial charge in [0.05, 0.1) is 12.3 Å². The number of nitrogens with one attached hydrogen (secondary N) is 2. The predicted molar refractivity (Wildman–Crippen MR) is 83.6 cm³/mol. The van der Waals surface area contributed by atoms with Crippen molar-refractivity contribution in [2.24, 2.45) is 10.9 Å². The van der Waals surface area contributed by atoms with Crippen molar-refractivity contribution < 1.29 is 9.59 Å². The molecule has 116 valence electrons. The average Bonchev–Trinajstić information content (AvgIpc) is 3.06. The van der Waals surface area contributed by atoms with Crippen LogP contribution in [0.3, 0.4) is 0 Å². The van der Waals surface area contributed by atoms with Crippen LogP contribution in [0.25, 0.3) is 0 Å². The molecule has 7 nitrogen and oxygen atoms in total. The van der Waals surface area contributed by atoms with Crippen LogP contribution in [0.5, 0.6) is 0 Å². The molecule has 0 radical (unpaired) electrons. The molecule has 1 aliphatic heterocycles. The Hall–Kier alpha value is -3.09. The standard InChI is InChI=1S/C16H15N5O2/c1-10-3-2-4-11(7-10)13-6-5-12(16(23)20-13)15(22)17-8-14-18-9-19-21-14/h2-7,9,12H,8H2,1H3,(H,17,22)(H,18,19,21). The van der Waals surface area contributed by atoms with Gasteiger partial charge in [-0.2, -0.15) is 5.10 Å². The molecule has 3 rings (SSSR count). The van der Waals surface area contributed by atoms with E-state index in [-0.39, 0.29) is 6.54 Å². The maximum absolute atomic E-state index is 12.1. The monoisotopic (exact) mass is 309 g/mol. The number of hydrogen-bond donors (Lipinski definition) is 2. The fourth-order valence-electron chi connectivity index (χ4n) is 2.26. The van der Waals surface area contributed by atoms with Crippen molar-refractivity contribution in [3.63, 3.8) is 0 Å². The van der Waals surface area contributed by atoms with E-state index in [0.717, 1.165) is 11.1 Å². The second-order valence-electron chi connectivity index (χ2n) is 5.19. The molecule has 0 fully saturated rings. The number of benzene rings is 1. The molecule has 0 aliphatic carbocycles. The number of H-pyrrole nitrogens is 1. The number of dihydropyridines is 1. The summed E-state index contributed by atoms with van der Waals surface area (Å²) in [5, 5.41) is 8.96. The van der Waals surface area contributed by atoms with E-state index in [1.54, 1.807) is 12.2 Å². The van der Waals surface area contributed by atoms with E-state index in [2.05, 4.69) is 25.5 Å². The van der Waals surface area contributed by atoms with Crippen LogP contribution in [-0.4, -0.2) is 32.7 Å². The first-order chi connectivity index (χ1) is 11.1. The van der Waals surface area contributed by atoms with E-state index in [0.29, 0.717) is 11.5 Å². The largest absolute Gasteiger partial charge is 0.348 e. The van der Waals surface area contributed by atoms with E-state index in [9.17, 15) is 9.59 Å². The second kappa shape index (κ2) is 6.35. The maximum Gasteiger partial charge on any atom is 0.262 e. The van der Waals surface area contributed by atoms with Gasteiger partial charge in [-0.3, -0.25) is 14.7 Å². The number of hydrogen-bond acceptors (Lipinski definition) is 4. The molecule has 2 N–H and O–H groups in total. The average molecular weight is 309 g/mol. The van der Waals surface area contributed by atoms with Crippen molar-refractivity contribution >= 4 is 17.5 Å². The predicted octanol–water partition coefficient (Wildman–Crippen LogP) is 0.931. The molecule has 7 heteroatoms. The number of aromatic nitrogens is 3. The lowest BCUT2D eigenvalue weighted by molar-refractivity contribution is -0.131. The molecule has 2 amide bonds. The van der Waals surface area contributed by atoms with Gasteiger partial charge < -0.3 is 5.32 Å². The minimum atomic E-state index is -0.911. The van der Waals surface area contributed by atoms with Gasteiger partial charge in [0.2, 0.25) is 5.91 Å². The molecule has 1 aliphatic rings. The number of allylic oxidation sites excluding steroid dienone is 1. The highest BCUT2D eigenvalue weighted by Gasteiger charge is 2.27. The molecule has 23 heavy (non-hydrogen) atoms. The molecule has 2 aromatic rings. The summed E-state index contributed by atoms with van der Waals surface area (Å²) < 4.78 is 0. The fraction of sp³-hybridized carbons (Fsp3) is 0.188. The van der Waals surface area contributed by atoms with Crippen LogP contribution in [0.1, 0.15) is 17.0 Å². The third kappa shape index (κ3) is 3.39. The number of aryl methyl sites for hydroxylation is 1. The van der Waals surface area contributed by atoms with Crippen LogP contribution in [0, 0.1) is 12.8 Å². The highest BCUT2D eigenvalue weighted by molar-refractivity contribution is 6.18. The van der Waals surface area contributed by atoms with E-state index in [4.69, 9.17) is 0 Å². The van der Waals surface area contributed by atoms with Crippen LogP contribution >= 0.6 is 0 Å². The van der Waals surface area contributed by atoms with Gasteiger partial charge in [-0.05, 0) is 19.1 Å². The van der Waals surface area contributed by atoms with Gasteiger partial charge in [0, 0.05) is 5.56 Å². The van der Waals surface area contributed by atoms with Crippen molar-refractivity contribution in [2.45, 2.75) is 13.5 Å². The van der Waals surface area contributed by atoms with Crippen LogP contribution < -0.4 is 5.32 Å². The molecular weight excluding hydrogens is 294 g/mol. The summed E-state index contributed by atoms with van der Waals surface area (Å²) in [5.41, 5.74) is 2.51. The van der Waals surface area contributed by atoms with Crippen molar-refractivity contribution in [3.8, 4) is 0 Å². The SMILES string of the molecule is Cc1cccc(C2=NC(=O)C(C(=O)NCc3ncn[nH]3)C=C2)c1. The summed E-state index contributed by atoms with van der Waals surface area (Å²) in [5.74, 6) is -1.27. The van der Waals surface area contributed by atoms with Crippen LogP contribution in [0.4, 0.5) is 0 Å². The Labute approximate surface area is 132 Å². The first-order valence-electron chi connectivity index (χ1n) is 7.13. The number of rotatable bonds is 4. The van der Waals surface area contributed by atoms with E-state index >= 15 is 0 Å². The summed E-state index contributed by atoms with van der Waals surface area (Å²) >= 11 is 0. The van der Waals surface area contributed by atoms with Gasteiger partial charge in [0.15, 0.2) is 0 Å². The lowest BCUT2D eigenvalue weighted by atomic mass is 9.99. The van der Waals surface area contributed by atoms with Crippen molar-refractivity contribution in [3.05, 3.63) is 59.7 Å². The van der Waals surface area contributed by atoms with Crippen LogP contribution in [0.15, 0.2) is 47.7 Å². The van der Waals surface area contributed by atoms with Crippen molar-refractivity contribution in [1.82, 2.24) is 20.5 Å². The Kier molecular flexibility index (Phi) is 4.09. The Morgan fingerprint density at radius 1 is 1.39 bits per heavy atom. The summed E-state index contributed by atoms with van der Waals surface area (Å²) in [7, 11) is 0. The zero-order valence-corrected chi connectivity index (χ0v) is 12.5. The van der Waals surface area contributed by atoms with Gasteiger partial charge in [0.25, 0.3) is 5.91 Å². The molecule has 1 aromatic heterocycles. The zero-order chi connectivity index (χ0) is 16.2. The highest BCUT2D eigenvalue weighted by Crippen LogP contribution is 2.14. The molecule has 1 unspecified atom stereocenters. The molecule has 0 saturated carbocycles. The molecular formula is C16H15N5O2. The van der Waals surface area contributed by atoms with Gasteiger partial charge >= 0.3 is 0 Å². The van der Waals surface area contributed by atoms with Crippen molar-refractivity contribution in [1.29, 1.82) is 0 Å². The molecule has 1 aromatic carbocycles. The van der Waals surface area contributed by atoms with E-state index in [1.165, 1.54) is 6.33 Å². The van der Waals surface area contributed by atoms with Crippen molar-refractivity contribution in [2.75, 3.05) is 0 Å². The molecule has 1 atom stereocenters. The summed E-state index contributed by atoms with van der Waals surface area (Å²) in [6, 6.07) is 7.70. The van der Waals surface area contributed by atoms with Crippen LogP contribution in [0.2, 0.25) is 0 Å². The first-order valence-corrected chi connectivity index (χ1v) is 7.13.